The molecule has 6 nitrogen and oxygen atoms in total. The number of nitrogens with zero attached hydrogens (tertiary/aromatic N) is 2. The lowest BCUT2D eigenvalue weighted by atomic mass is 10.2. The Morgan fingerprint density at radius 2 is 1.62 bits per heavy atom. The summed E-state index contributed by atoms with van der Waals surface area (Å²) in [6.07, 6.45) is 1.46. The van der Waals surface area contributed by atoms with Crippen molar-refractivity contribution in [2.45, 2.75) is 6.61 Å². The van der Waals surface area contributed by atoms with E-state index in [-0.39, 0.29) is 6.61 Å². The molecule has 0 aliphatic rings. The maximum Gasteiger partial charge on any atom is 0.277 e. The maximum absolute atomic E-state index is 12.0. The predicted molar refractivity (Wildman–Crippen MR) is 125 cm³/mol. The van der Waals surface area contributed by atoms with Crippen molar-refractivity contribution < 1.29 is 14.3 Å². The number of carbonyl (C=O) groups excluding carboxylic acids is 1. The van der Waals surface area contributed by atoms with Gasteiger partial charge in [0.25, 0.3) is 5.91 Å². The third-order valence-electron chi connectivity index (χ3n) is 4.54. The number of fused-ring (bicyclic) bond motifs is 1. The van der Waals surface area contributed by atoms with Crippen LogP contribution < -0.4 is 14.9 Å². The van der Waals surface area contributed by atoms with Crippen molar-refractivity contribution in [1.29, 1.82) is 0 Å². The number of halogens is 1. The zero-order valence-electron chi connectivity index (χ0n) is 17.1. The van der Waals surface area contributed by atoms with Gasteiger partial charge >= 0.3 is 0 Å². The number of carbonyl (C=O) groups is 1. The molecule has 0 aliphatic carbocycles. The lowest BCUT2D eigenvalue weighted by Crippen LogP contribution is -2.24. The number of ether oxygens (including phenoxy) is 2. The molecule has 1 aromatic heterocycles. The topological polar surface area (TPSA) is 72.8 Å². The Morgan fingerprint density at radius 3 is 2.41 bits per heavy atom. The van der Waals surface area contributed by atoms with Gasteiger partial charge in [-0.1, -0.05) is 60.1 Å². The van der Waals surface area contributed by atoms with Crippen LogP contribution in [0.4, 0.5) is 0 Å². The van der Waals surface area contributed by atoms with Gasteiger partial charge in [-0.3, -0.25) is 4.79 Å². The van der Waals surface area contributed by atoms with Crippen molar-refractivity contribution in [3.05, 3.63) is 101 Å². The first-order valence-corrected chi connectivity index (χ1v) is 10.3. The fraction of sp³-hybridized carbons (Fsp3) is 0.0800. The van der Waals surface area contributed by atoms with Gasteiger partial charge in [-0.05, 0) is 42.0 Å². The normalized spacial score (nSPS) is 10.9. The monoisotopic (exact) mass is 445 g/mol. The molecule has 0 radical (unpaired) electrons. The molecule has 0 spiro atoms. The highest BCUT2D eigenvalue weighted by Gasteiger charge is 2.05. The minimum Gasteiger partial charge on any atom is -0.489 e. The molecule has 160 valence electrons. The highest BCUT2D eigenvalue weighted by Crippen LogP contribution is 2.20. The van der Waals surface area contributed by atoms with E-state index in [1.165, 1.54) is 6.21 Å². The molecular formula is C25H20ClN3O3. The summed E-state index contributed by atoms with van der Waals surface area (Å²) in [6.45, 7) is 0.309. The molecular weight excluding hydrogens is 426 g/mol. The summed E-state index contributed by atoms with van der Waals surface area (Å²) in [5, 5.41) is 5.19. The van der Waals surface area contributed by atoms with Crippen LogP contribution >= 0.6 is 11.6 Å². The van der Waals surface area contributed by atoms with Gasteiger partial charge in [0, 0.05) is 10.9 Å². The van der Waals surface area contributed by atoms with Crippen molar-refractivity contribution in [3.8, 4) is 11.5 Å². The molecule has 0 atom stereocenters. The van der Waals surface area contributed by atoms with Gasteiger partial charge in [0.1, 0.15) is 23.3 Å². The molecule has 3 aromatic carbocycles. The van der Waals surface area contributed by atoms with Gasteiger partial charge in [0.05, 0.1) is 11.7 Å². The van der Waals surface area contributed by atoms with Gasteiger partial charge in [0.15, 0.2) is 6.61 Å². The van der Waals surface area contributed by atoms with Gasteiger partial charge in [0.2, 0.25) is 0 Å². The number of hydrazone groups is 1. The van der Waals surface area contributed by atoms with E-state index in [0.717, 1.165) is 22.2 Å². The molecule has 1 N–H and O–H groups in total. The van der Waals surface area contributed by atoms with Crippen LogP contribution in [-0.4, -0.2) is 23.7 Å². The molecule has 0 unspecified atom stereocenters. The van der Waals surface area contributed by atoms with E-state index in [4.69, 9.17) is 21.1 Å². The van der Waals surface area contributed by atoms with Crippen molar-refractivity contribution >= 4 is 34.6 Å². The second-order valence-electron chi connectivity index (χ2n) is 6.89. The Bertz CT molecular complexity index is 1230. The maximum atomic E-state index is 12.0. The highest BCUT2D eigenvalue weighted by molar-refractivity contribution is 6.32. The van der Waals surface area contributed by atoms with Crippen LogP contribution in [0.2, 0.25) is 5.15 Å². The van der Waals surface area contributed by atoms with Crippen molar-refractivity contribution in [2.75, 3.05) is 6.61 Å². The van der Waals surface area contributed by atoms with Crippen LogP contribution in [0.1, 0.15) is 11.1 Å². The van der Waals surface area contributed by atoms with E-state index >= 15 is 0 Å². The van der Waals surface area contributed by atoms with Crippen LogP contribution in [0.25, 0.3) is 10.9 Å². The first-order chi connectivity index (χ1) is 15.7. The number of aromatic nitrogens is 1. The standard InChI is InChI=1S/C25H20ClN3O3/c26-25-20(14-19-8-4-5-9-23(19)28-25)15-27-29-24(30)17-32-22-12-10-21(11-13-22)31-16-18-6-2-1-3-7-18/h1-15H,16-17H2,(H,29,30)/b27-15+. The van der Waals surface area contributed by atoms with Crippen LogP contribution in [0.3, 0.4) is 0 Å². The molecule has 0 fully saturated rings. The smallest absolute Gasteiger partial charge is 0.277 e. The Kier molecular flexibility index (Phi) is 6.94. The van der Waals surface area contributed by atoms with E-state index < -0.39 is 5.91 Å². The zero-order chi connectivity index (χ0) is 22.2. The minimum absolute atomic E-state index is 0.175. The summed E-state index contributed by atoms with van der Waals surface area (Å²) in [6, 6.07) is 26.5. The second kappa shape index (κ2) is 10.4. The molecule has 4 aromatic rings. The molecule has 7 heteroatoms. The summed E-state index contributed by atoms with van der Waals surface area (Å²) in [4.78, 5) is 16.3. The largest absolute Gasteiger partial charge is 0.489 e. The molecule has 1 amide bonds. The summed E-state index contributed by atoms with van der Waals surface area (Å²) < 4.78 is 11.2. The van der Waals surface area contributed by atoms with Crippen LogP contribution in [0.15, 0.2) is 90.0 Å². The molecule has 0 saturated carbocycles. The average Bonchev–Trinajstić information content (AvgIpc) is 2.83. The quantitative estimate of drug-likeness (QED) is 0.235. The number of nitrogens with one attached hydrogen (secondary N) is 1. The van der Waals surface area contributed by atoms with Crippen molar-refractivity contribution in [3.63, 3.8) is 0 Å². The lowest BCUT2D eigenvalue weighted by molar-refractivity contribution is -0.123. The summed E-state index contributed by atoms with van der Waals surface area (Å²) >= 11 is 6.18. The van der Waals surface area contributed by atoms with Crippen LogP contribution in [0.5, 0.6) is 11.5 Å². The number of para-hydroxylation sites is 1. The van der Waals surface area contributed by atoms with E-state index in [2.05, 4.69) is 15.5 Å². The fourth-order valence-electron chi connectivity index (χ4n) is 2.93. The Morgan fingerprint density at radius 1 is 0.938 bits per heavy atom. The highest BCUT2D eigenvalue weighted by atomic mass is 35.5. The SMILES string of the molecule is O=C(COc1ccc(OCc2ccccc2)cc1)N/N=C/c1cc2ccccc2nc1Cl. The number of benzene rings is 3. The number of amides is 1. The van der Waals surface area contributed by atoms with E-state index in [1.807, 2.05) is 60.7 Å². The molecule has 0 aliphatic heterocycles. The molecule has 0 bridgehead atoms. The summed E-state index contributed by atoms with van der Waals surface area (Å²) in [5.41, 5.74) is 4.91. The van der Waals surface area contributed by atoms with Crippen LogP contribution in [0, 0.1) is 0 Å². The predicted octanol–water partition coefficient (Wildman–Crippen LogP) is 5.00. The first kappa shape index (κ1) is 21.3. The lowest BCUT2D eigenvalue weighted by Gasteiger charge is -2.08. The zero-order valence-corrected chi connectivity index (χ0v) is 17.8. The van der Waals surface area contributed by atoms with Gasteiger partial charge in [-0.2, -0.15) is 5.10 Å². The number of pyridine rings is 1. The number of hydrogen-bond acceptors (Lipinski definition) is 5. The summed E-state index contributed by atoms with van der Waals surface area (Å²) in [7, 11) is 0. The second-order valence-corrected chi connectivity index (χ2v) is 7.25. The van der Waals surface area contributed by atoms with Gasteiger partial charge < -0.3 is 9.47 Å². The van der Waals surface area contributed by atoms with E-state index in [0.29, 0.717) is 23.1 Å². The third kappa shape index (κ3) is 5.83. The molecule has 4 rings (SSSR count). The molecule has 0 saturated heterocycles. The van der Waals surface area contributed by atoms with Crippen LogP contribution in [-0.2, 0) is 11.4 Å². The fourth-order valence-corrected chi connectivity index (χ4v) is 3.12. The third-order valence-corrected chi connectivity index (χ3v) is 4.84. The Hall–Kier alpha value is -3.90. The van der Waals surface area contributed by atoms with Crippen molar-refractivity contribution in [1.82, 2.24) is 10.4 Å². The summed E-state index contributed by atoms with van der Waals surface area (Å²) in [5.74, 6) is 0.879. The van der Waals surface area contributed by atoms with Gasteiger partial charge in [-0.25, -0.2) is 10.4 Å². The average molecular weight is 446 g/mol. The number of rotatable bonds is 8. The Labute approximate surface area is 190 Å². The van der Waals surface area contributed by atoms with Gasteiger partial charge in [-0.15, -0.1) is 0 Å². The number of hydrogen-bond donors (Lipinski definition) is 1. The van der Waals surface area contributed by atoms with Crippen molar-refractivity contribution in [2.24, 2.45) is 5.10 Å². The first-order valence-electron chi connectivity index (χ1n) is 9.94. The minimum atomic E-state index is -0.393. The van der Waals surface area contributed by atoms with E-state index in [9.17, 15) is 4.79 Å². The Balaban J connectivity index is 1.24. The molecule has 1 heterocycles. The van der Waals surface area contributed by atoms with E-state index in [1.54, 1.807) is 24.3 Å². The molecule has 32 heavy (non-hydrogen) atoms.